The molecule has 1 saturated heterocycles. The second kappa shape index (κ2) is 5.19. The summed E-state index contributed by atoms with van der Waals surface area (Å²) in [4.78, 5) is 2.53. The van der Waals surface area contributed by atoms with Gasteiger partial charge in [-0.2, -0.15) is 5.10 Å². The first kappa shape index (κ1) is 12.6. The summed E-state index contributed by atoms with van der Waals surface area (Å²) in [5.74, 6) is 0.700. The molecule has 0 bridgehead atoms. The Labute approximate surface area is 104 Å². The monoisotopic (exact) mass is 236 g/mol. The van der Waals surface area contributed by atoms with E-state index in [0.717, 1.165) is 31.9 Å². The third-order valence-corrected chi connectivity index (χ3v) is 3.58. The Morgan fingerprint density at radius 2 is 2.29 bits per heavy atom. The largest absolute Gasteiger partial charge is 0.311 e. The molecule has 1 N–H and O–H groups in total. The predicted molar refractivity (Wildman–Crippen MR) is 69.9 cm³/mol. The van der Waals surface area contributed by atoms with Crippen LogP contribution in [-0.2, 0) is 13.6 Å². The van der Waals surface area contributed by atoms with Gasteiger partial charge >= 0.3 is 0 Å². The van der Waals surface area contributed by atoms with Crippen molar-refractivity contribution in [2.75, 3.05) is 19.6 Å². The third kappa shape index (κ3) is 3.07. The van der Waals surface area contributed by atoms with Gasteiger partial charge in [-0.05, 0) is 18.9 Å². The van der Waals surface area contributed by atoms with E-state index < -0.39 is 0 Å². The van der Waals surface area contributed by atoms with Crippen molar-refractivity contribution in [3.63, 3.8) is 0 Å². The second-order valence-corrected chi connectivity index (χ2v) is 5.44. The number of nitrogens with one attached hydrogen (secondary N) is 1. The van der Waals surface area contributed by atoms with E-state index in [4.69, 9.17) is 0 Å². The molecule has 0 aliphatic carbocycles. The van der Waals surface area contributed by atoms with Crippen LogP contribution in [0.4, 0.5) is 0 Å². The zero-order valence-electron chi connectivity index (χ0n) is 11.4. The molecule has 1 fully saturated rings. The lowest BCUT2D eigenvalue weighted by molar-refractivity contribution is 0.165. The van der Waals surface area contributed by atoms with Crippen molar-refractivity contribution in [1.29, 1.82) is 0 Å². The number of aryl methyl sites for hydroxylation is 2. The van der Waals surface area contributed by atoms with Crippen molar-refractivity contribution in [3.05, 3.63) is 17.5 Å². The maximum Gasteiger partial charge on any atom is 0.0597 e. The molecule has 0 spiro atoms. The van der Waals surface area contributed by atoms with Crippen LogP contribution < -0.4 is 5.32 Å². The molecule has 0 radical (unpaired) electrons. The molecule has 1 aromatic rings. The van der Waals surface area contributed by atoms with Crippen LogP contribution in [0.5, 0.6) is 0 Å². The van der Waals surface area contributed by atoms with E-state index in [-0.39, 0.29) is 0 Å². The van der Waals surface area contributed by atoms with Crippen LogP contribution in [0.1, 0.15) is 25.2 Å². The molecule has 17 heavy (non-hydrogen) atoms. The number of aromatic nitrogens is 2. The average Bonchev–Trinajstić information content (AvgIpc) is 2.58. The maximum absolute atomic E-state index is 4.41. The average molecular weight is 236 g/mol. The minimum Gasteiger partial charge on any atom is -0.311 e. The Kier molecular flexibility index (Phi) is 3.84. The fourth-order valence-electron chi connectivity index (χ4n) is 2.47. The second-order valence-electron chi connectivity index (χ2n) is 5.44. The van der Waals surface area contributed by atoms with E-state index in [1.807, 2.05) is 11.7 Å². The summed E-state index contributed by atoms with van der Waals surface area (Å²) in [6.45, 7) is 11.0. The summed E-state index contributed by atoms with van der Waals surface area (Å²) in [7, 11) is 2.03. The van der Waals surface area contributed by atoms with Crippen LogP contribution in [0.15, 0.2) is 6.07 Å². The van der Waals surface area contributed by atoms with Gasteiger partial charge in [-0.25, -0.2) is 0 Å². The zero-order chi connectivity index (χ0) is 12.4. The fraction of sp³-hybridized carbons (Fsp3) is 0.769. The Morgan fingerprint density at radius 3 is 2.88 bits per heavy atom. The van der Waals surface area contributed by atoms with Crippen LogP contribution in [0.25, 0.3) is 0 Å². The first-order valence-electron chi connectivity index (χ1n) is 6.51. The Bertz CT molecular complexity index is 369. The highest BCUT2D eigenvalue weighted by molar-refractivity contribution is 5.08. The highest BCUT2D eigenvalue weighted by Crippen LogP contribution is 2.12. The molecule has 1 aliphatic rings. The molecule has 4 heteroatoms. The summed E-state index contributed by atoms with van der Waals surface area (Å²) in [6.07, 6.45) is 0. The molecule has 0 amide bonds. The summed E-state index contributed by atoms with van der Waals surface area (Å²) < 4.78 is 2.00. The molecule has 0 aromatic carbocycles. The van der Waals surface area contributed by atoms with Gasteiger partial charge in [-0.15, -0.1) is 0 Å². The van der Waals surface area contributed by atoms with Gasteiger partial charge < -0.3 is 5.32 Å². The lowest BCUT2D eigenvalue weighted by atomic mass is 10.0. The molecule has 96 valence electrons. The van der Waals surface area contributed by atoms with Crippen molar-refractivity contribution in [3.8, 4) is 0 Å². The highest BCUT2D eigenvalue weighted by Gasteiger charge is 2.22. The van der Waals surface area contributed by atoms with Gasteiger partial charge in [-0.1, -0.05) is 13.8 Å². The molecule has 4 nitrogen and oxygen atoms in total. The number of piperazine rings is 1. The van der Waals surface area contributed by atoms with Crippen molar-refractivity contribution in [1.82, 2.24) is 20.0 Å². The number of hydrogen-bond acceptors (Lipinski definition) is 3. The predicted octanol–water partition coefficient (Wildman–Crippen LogP) is 1.16. The van der Waals surface area contributed by atoms with Gasteiger partial charge in [0.25, 0.3) is 0 Å². The van der Waals surface area contributed by atoms with Crippen LogP contribution in [0.2, 0.25) is 0 Å². The van der Waals surface area contributed by atoms with Gasteiger partial charge in [-0.3, -0.25) is 9.58 Å². The van der Waals surface area contributed by atoms with E-state index in [1.165, 1.54) is 5.69 Å². The topological polar surface area (TPSA) is 33.1 Å². The number of hydrogen-bond donors (Lipinski definition) is 1. The number of nitrogens with zero attached hydrogens (tertiary/aromatic N) is 3. The SMILES string of the molecule is Cc1cc(CN2CCNC(C(C)C)C2)n(C)n1. The molecule has 2 rings (SSSR count). The molecular weight excluding hydrogens is 212 g/mol. The van der Waals surface area contributed by atoms with Crippen LogP contribution in [-0.4, -0.2) is 40.4 Å². The van der Waals surface area contributed by atoms with Gasteiger partial charge in [0.2, 0.25) is 0 Å². The summed E-state index contributed by atoms with van der Waals surface area (Å²) >= 11 is 0. The standard InChI is InChI=1S/C13H24N4/c1-10(2)13-9-17(6-5-14-13)8-12-7-11(3)15-16(12)4/h7,10,13-14H,5-6,8-9H2,1-4H3. The maximum atomic E-state index is 4.41. The normalized spacial score (nSPS) is 22.3. The van der Waals surface area contributed by atoms with Crippen molar-refractivity contribution >= 4 is 0 Å². The Hall–Kier alpha value is -0.870. The van der Waals surface area contributed by atoms with Crippen LogP contribution in [0.3, 0.4) is 0 Å². The molecule has 1 aromatic heterocycles. The minimum atomic E-state index is 0.623. The van der Waals surface area contributed by atoms with E-state index in [0.29, 0.717) is 12.0 Å². The summed E-state index contributed by atoms with van der Waals surface area (Å²) in [5, 5.41) is 8.00. The van der Waals surface area contributed by atoms with E-state index in [9.17, 15) is 0 Å². The van der Waals surface area contributed by atoms with E-state index >= 15 is 0 Å². The van der Waals surface area contributed by atoms with Crippen LogP contribution in [0, 0.1) is 12.8 Å². The Balaban J connectivity index is 1.97. The highest BCUT2D eigenvalue weighted by atomic mass is 15.3. The summed E-state index contributed by atoms with van der Waals surface area (Å²) in [5.41, 5.74) is 2.42. The molecular formula is C13H24N4. The zero-order valence-corrected chi connectivity index (χ0v) is 11.4. The smallest absolute Gasteiger partial charge is 0.0597 e. The lowest BCUT2D eigenvalue weighted by Gasteiger charge is -2.35. The van der Waals surface area contributed by atoms with Crippen molar-refractivity contribution in [2.24, 2.45) is 13.0 Å². The van der Waals surface area contributed by atoms with E-state index in [2.05, 4.69) is 42.2 Å². The molecule has 1 unspecified atom stereocenters. The minimum absolute atomic E-state index is 0.623. The van der Waals surface area contributed by atoms with Gasteiger partial charge in [0, 0.05) is 39.3 Å². The van der Waals surface area contributed by atoms with Crippen molar-refractivity contribution < 1.29 is 0 Å². The molecule has 2 heterocycles. The lowest BCUT2D eigenvalue weighted by Crippen LogP contribution is -2.52. The van der Waals surface area contributed by atoms with Crippen LogP contribution >= 0.6 is 0 Å². The van der Waals surface area contributed by atoms with Gasteiger partial charge in [0.15, 0.2) is 0 Å². The molecule has 1 aliphatic heterocycles. The van der Waals surface area contributed by atoms with Crippen molar-refractivity contribution in [2.45, 2.75) is 33.4 Å². The molecule has 0 saturated carbocycles. The molecule has 1 atom stereocenters. The quantitative estimate of drug-likeness (QED) is 0.855. The Morgan fingerprint density at radius 1 is 1.53 bits per heavy atom. The first-order chi connectivity index (χ1) is 8.06. The van der Waals surface area contributed by atoms with Gasteiger partial charge in [0.1, 0.15) is 0 Å². The summed E-state index contributed by atoms with van der Waals surface area (Å²) in [6, 6.07) is 2.81. The first-order valence-corrected chi connectivity index (χ1v) is 6.51. The third-order valence-electron chi connectivity index (χ3n) is 3.58. The fourth-order valence-corrected chi connectivity index (χ4v) is 2.47. The number of rotatable bonds is 3. The van der Waals surface area contributed by atoms with Gasteiger partial charge in [0.05, 0.1) is 11.4 Å². The van der Waals surface area contributed by atoms with E-state index in [1.54, 1.807) is 0 Å².